The van der Waals surface area contributed by atoms with E-state index in [-0.39, 0.29) is 10.5 Å². The number of sulfonamides is 1. The molecule has 3 N–H and O–H groups in total. The van der Waals surface area contributed by atoms with E-state index in [1.54, 1.807) is 6.07 Å². The molecule has 0 aliphatic heterocycles. The van der Waals surface area contributed by atoms with Crippen LogP contribution in [-0.2, 0) is 10.0 Å². The van der Waals surface area contributed by atoms with Crippen LogP contribution in [0.2, 0.25) is 0 Å². The molecule has 1 heterocycles. The van der Waals surface area contributed by atoms with Gasteiger partial charge in [0.05, 0.1) is 4.90 Å². The van der Waals surface area contributed by atoms with Crippen LogP contribution in [-0.4, -0.2) is 43.6 Å². The first-order valence-electron chi connectivity index (χ1n) is 8.83. The predicted molar refractivity (Wildman–Crippen MR) is 110 cm³/mol. The van der Waals surface area contributed by atoms with Crippen molar-refractivity contribution >= 4 is 32.7 Å². The molecule has 0 atom stereocenters. The molecule has 1 aromatic heterocycles. The fourth-order valence-corrected chi connectivity index (χ4v) is 3.93. The largest absolute Gasteiger partial charge is 0.350 e. The third kappa shape index (κ3) is 4.15. The second-order valence-corrected chi connectivity index (χ2v) is 9.10. The fourth-order valence-electron chi connectivity index (χ4n) is 2.98. The molecule has 0 radical (unpaired) electrons. The van der Waals surface area contributed by atoms with Gasteiger partial charge in [-0.1, -0.05) is 12.1 Å². The van der Waals surface area contributed by atoms with Crippen molar-refractivity contribution in [2.45, 2.75) is 18.7 Å². The molecular formula is C20H22N4O4S. The number of aryl methyl sites for hydroxylation is 2. The Labute approximate surface area is 168 Å². The quantitative estimate of drug-likeness (QED) is 0.568. The van der Waals surface area contributed by atoms with E-state index < -0.39 is 21.8 Å². The van der Waals surface area contributed by atoms with Crippen LogP contribution < -0.4 is 10.9 Å². The van der Waals surface area contributed by atoms with Crippen LogP contribution in [0.15, 0.2) is 47.4 Å². The summed E-state index contributed by atoms with van der Waals surface area (Å²) in [5, 5.41) is 0.925. The standard InChI is InChI=1S/C20H22N4O4S/c1-12-8-13(2)16-11-18(21-17(16)9-12)20(26)23-22-19(25)14-6-5-7-15(10-14)29(27,28)24(3)4/h5-11,21H,1-4H3,(H,22,25)(H,23,26). The Morgan fingerprint density at radius 2 is 1.66 bits per heavy atom. The summed E-state index contributed by atoms with van der Waals surface area (Å²) in [6.45, 7) is 3.93. The minimum atomic E-state index is -3.67. The summed E-state index contributed by atoms with van der Waals surface area (Å²) in [6, 6.07) is 11.3. The highest BCUT2D eigenvalue weighted by molar-refractivity contribution is 7.89. The summed E-state index contributed by atoms with van der Waals surface area (Å²) in [7, 11) is -0.852. The molecule has 0 aliphatic carbocycles. The maximum atomic E-state index is 12.4. The number of fused-ring (bicyclic) bond motifs is 1. The highest BCUT2D eigenvalue weighted by Gasteiger charge is 2.19. The van der Waals surface area contributed by atoms with Crippen molar-refractivity contribution in [1.29, 1.82) is 0 Å². The maximum absolute atomic E-state index is 12.4. The number of benzene rings is 2. The highest BCUT2D eigenvalue weighted by Crippen LogP contribution is 2.21. The molecule has 29 heavy (non-hydrogen) atoms. The van der Waals surface area contributed by atoms with Gasteiger partial charge < -0.3 is 4.98 Å². The van der Waals surface area contributed by atoms with Crippen molar-refractivity contribution in [1.82, 2.24) is 20.1 Å². The minimum absolute atomic E-state index is 0.0112. The molecule has 152 valence electrons. The first-order valence-corrected chi connectivity index (χ1v) is 10.3. The summed E-state index contributed by atoms with van der Waals surface area (Å²) >= 11 is 0. The Hall–Kier alpha value is -3.17. The third-order valence-electron chi connectivity index (χ3n) is 4.50. The van der Waals surface area contributed by atoms with Crippen molar-refractivity contribution in [3.8, 4) is 0 Å². The van der Waals surface area contributed by atoms with Gasteiger partial charge >= 0.3 is 0 Å². The van der Waals surface area contributed by atoms with Crippen LogP contribution in [0.25, 0.3) is 10.9 Å². The van der Waals surface area contributed by atoms with Gasteiger partial charge in [-0.2, -0.15) is 0 Å². The molecule has 8 nitrogen and oxygen atoms in total. The molecule has 0 spiro atoms. The Morgan fingerprint density at radius 1 is 0.966 bits per heavy atom. The van der Waals surface area contributed by atoms with Crippen LogP contribution in [0.1, 0.15) is 32.0 Å². The lowest BCUT2D eigenvalue weighted by Crippen LogP contribution is -2.41. The first-order chi connectivity index (χ1) is 13.6. The van der Waals surface area contributed by atoms with Crippen molar-refractivity contribution in [2.75, 3.05) is 14.1 Å². The number of hydrogen-bond donors (Lipinski definition) is 3. The number of hydrazine groups is 1. The van der Waals surface area contributed by atoms with Gasteiger partial charge in [0.15, 0.2) is 0 Å². The van der Waals surface area contributed by atoms with Gasteiger partial charge in [-0.3, -0.25) is 20.4 Å². The zero-order valence-corrected chi connectivity index (χ0v) is 17.3. The average Bonchev–Trinajstić information content (AvgIpc) is 3.10. The summed E-state index contributed by atoms with van der Waals surface area (Å²) in [5.41, 5.74) is 8.01. The van der Waals surface area contributed by atoms with Gasteiger partial charge in [-0.05, 0) is 55.3 Å². The molecule has 0 saturated heterocycles. The number of H-pyrrole nitrogens is 1. The van der Waals surface area contributed by atoms with E-state index >= 15 is 0 Å². The van der Waals surface area contributed by atoms with Gasteiger partial charge in [-0.15, -0.1) is 0 Å². The van der Waals surface area contributed by atoms with Gasteiger partial charge in [0.1, 0.15) is 5.69 Å². The maximum Gasteiger partial charge on any atom is 0.286 e. The molecule has 0 saturated carbocycles. The van der Waals surface area contributed by atoms with E-state index in [4.69, 9.17) is 0 Å². The lowest BCUT2D eigenvalue weighted by atomic mass is 10.1. The number of amides is 2. The second kappa shape index (κ2) is 7.69. The fraction of sp³-hybridized carbons (Fsp3) is 0.200. The van der Waals surface area contributed by atoms with E-state index in [0.29, 0.717) is 5.69 Å². The van der Waals surface area contributed by atoms with Gasteiger partial charge in [0, 0.05) is 30.6 Å². The zero-order chi connectivity index (χ0) is 21.3. The number of carbonyl (C=O) groups is 2. The van der Waals surface area contributed by atoms with Crippen LogP contribution in [0, 0.1) is 13.8 Å². The van der Waals surface area contributed by atoms with Crippen molar-refractivity contribution in [2.24, 2.45) is 0 Å². The van der Waals surface area contributed by atoms with E-state index in [9.17, 15) is 18.0 Å². The average molecular weight is 414 g/mol. The number of nitrogens with zero attached hydrogens (tertiary/aromatic N) is 1. The van der Waals surface area contributed by atoms with Gasteiger partial charge in [0.25, 0.3) is 11.8 Å². The van der Waals surface area contributed by atoms with Crippen molar-refractivity contribution < 1.29 is 18.0 Å². The highest BCUT2D eigenvalue weighted by atomic mass is 32.2. The van der Waals surface area contributed by atoms with E-state index in [0.717, 1.165) is 26.3 Å². The van der Waals surface area contributed by atoms with Crippen molar-refractivity contribution in [3.05, 3.63) is 64.8 Å². The topological polar surface area (TPSA) is 111 Å². The number of rotatable bonds is 4. The molecule has 2 amide bonds. The Bertz CT molecular complexity index is 1210. The van der Waals surface area contributed by atoms with Crippen LogP contribution in [0.3, 0.4) is 0 Å². The molecule has 0 bridgehead atoms. The SMILES string of the molecule is Cc1cc(C)c2cc(C(=O)NNC(=O)c3cccc(S(=O)(=O)N(C)C)c3)[nH]c2c1. The molecule has 3 aromatic rings. The first kappa shape index (κ1) is 20.6. The number of aromatic amines is 1. The van der Waals surface area contributed by atoms with Gasteiger partial charge in [-0.25, -0.2) is 12.7 Å². The molecule has 2 aromatic carbocycles. The summed E-state index contributed by atoms with van der Waals surface area (Å²) < 4.78 is 25.5. The number of carbonyl (C=O) groups excluding carboxylic acids is 2. The lowest BCUT2D eigenvalue weighted by molar-refractivity contribution is 0.0844. The minimum Gasteiger partial charge on any atom is -0.350 e. The molecule has 0 unspecified atom stereocenters. The number of aromatic nitrogens is 1. The molecule has 0 fully saturated rings. The second-order valence-electron chi connectivity index (χ2n) is 6.95. The Balaban J connectivity index is 1.74. The van der Waals surface area contributed by atoms with E-state index in [2.05, 4.69) is 15.8 Å². The summed E-state index contributed by atoms with van der Waals surface area (Å²) in [6.07, 6.45) is 0. The third-order valence-corrected chi connectivity index (χ3v) is 6.31. The smallest absolute Gasteiger partial charge is 0.286 e. The number of hydrogen-bond acceptors (Lipinski definition) is 4. The molecule has 0 aliphatic rings. The van der Waals surface area contributed by atoms with Crippen LogP contribution >= 0.6 is 0 Å². The van der Waals surface area contributed by atoms with E-state index in [1.165, 1.54) is 38.4 Å². The van der Waals surface area contributed by atoms with Crippen LogP contribution in [0.4, 0.5) is 0 Å². The van der Waals surface area contributed by atoms with Crippen molar-refractivity contribution in [3.63, 3.8) is 0 Å². The summed E-state index contributed by atoms with van der Waals surface area (Å²) in [4.78, 5) is 27.8. The summed E-state index contributed by atoms with van der Waals surface area (Å²) in [5.74, 6) is -1.14. The number of nitrogens with one attached hydrogen (secondary N) is 3. The van der Waals surface area contributed by atoms with Gasteiger partial charge in [0.2, 0.25) is 10.0 Å². The Kier molecular flexibility index (Phi) is 5.45. The predicted octanol–water partition coefficient (Wildman–Crippen LogP) is 2.11. The molecule has 9 heteroatoms. The normalized spacial score (nSPS) is 11.6. The Morgan fingerprint density at radius 3 is 2.34 bits per heavy atom. The molecular weight excluding hydrogens is 392 g/mol. The zero-order valence-electron chi connectivity index (χ0n) is 16.5. The lowest BCUT2D eigenvalue weighted by Gasteiger charge is -2.12. The monoisotopic (exact) mass is 414 g/mol. The molecule has 3 rings (SSSR count). The van der Waals surface area contributed by atoms with Crippen LogP contribution in [0.5, 0.6) is 0 Å². The van der Waals surface area contributed by atoms with E-state index in [1.807, 2.05) is 26.0 Å².